The average Bonchev–Trinajstić information content (AvgIpc) is 1.61. The summed E-state index contributed by atoms with van der Waals surface area (Å²) in [5.41, 5.74) is 0. The van der Waals surface area contributed by atoms with E-state index < -0.39 is 0 Å². The summed E-state index contributed by atoms with van der Waals surface area (Å²) in [7, 11) is 0. The van der Waals surface area contributed by atoms with Crippen molar-refractivity contribution in [2.75, 3.05) is 0 Å². The Kier molecular flexibility index (Phi) is 1.57. The van der Waals surface area contributed by atoms with Crippen LogP contribution in [0.15, 0.2) is 0 Å². The Hall–Kier alpha value is -0.0400. The number of aliphatic hydroxyl groups is 1. The van der Waals surface area contributed by atoms with Crippen LogP contribution in [0, 0.1) is 11.8 Å². The predicted molar refractivity (Wildman–Crippen MR) is 33.6 cm³/mol. The number of rotatable bonds is 1. The molecule has 1 nitrogen and oxygen atoms in total. The molecule has 0 radical (unpaired) electrons. The quantitative estimate of drug-likeness (QED) is 0.546. The highest BCUT2D eigenvalue weighted by Gasteiger charge is 2.30. The fourth-order valence-electron chi connectivity index (χ4n) is 1.29. The fourth-order valence-corrected chi connectivity index (χ4v) is 1.29. The van der Waals surface area contributed by atoms with Crippen molar-refractivity contribution in [2.45, 2.75) is 32.8 Å². The van der Waals surface area contributed by atoms with Crippen molar-refractivity contribution in [3.05, 3.63) is 0 Å². The lowest BCUT2D eigenvalue weighted by Crippen LogP contribution is -2.34. The van der Waals surface area contributed by atoms with Crippen molar-refractivity contribution in [1.29, 1.82) is 0 Å². The molecule has 1 N–H and O–H groups in total. The molecule has 8 heavy (non-hydrogen) atoms. The molecular formula is C7H14O. The summed E-state index contributed by atoms with van der Waals surface area (Å²) in [6.07, 6.45) is 2.29. The van der Waals surface area contributed by atoms with Gasteiger partial charge in [0.1, 0.15) is 0 Å². The SMILES string of the molecule is CC(C)C1CC[C@@H]1O. The second-order valence-electron chi connectivity index (χ2n) is 3.05. The maximum atomic E-state index is 9.08. The molecule has 0 heterocycles. The molecule has 0 saturated heterocycles. The lowest BCUT2D eigenvalue weighted by atomic mass is 9.75. The van der Waals surface area contributed by atoms with Crippen LogP contribution in [0.5, 0.6) is 0 Å². The van der Waals surface area contributed by atoms with Crippen LogP contribution >= 0.6 is 0 Å². The van der Waals surface area contributed by atoms with E-state index in [0.717, 1.165) is 6.42 Å². The summed E-state index contributed by atoms with van der Waals surface area (Å²) in [6, 6.07) is 0. The van der Waals surface area contributed by atoms with Crippen molar-refractivity contribution in [2.24, 2.45) is 11.8 Å². The largest absolute Gasteiger partial charge is 0.393 e. The van der Waals surface area contributed by atoms with Crippen LogP contribution in [0.3, 0.4) is 0 Å². The van der Waals surface area contributed by atoms with Gasteiger partial charge in [0.25, 0.3) is 0 Å². The van der Waals surface area contributed by atoms with E-state index >= 15 is 0 Å². The molecule has 1 unspecified atom stereocenters. The van der Waals surface area contributed by atoms with Crippen molar-refractivity contribution >= 4 is 0 Å². The lowest BCUT2D eigenvalue weighted by Gasteiger charge is -2.35. The monoisotopic (exact) mass is 114 g/mol. The molecule has 0 spiro atoms. The first kappa shape index (κ1) is 6.09. The third-order valence-corrected chi connectivity index (χ3v) is 2.15. The standard InChI is InChI=1S/C7H14O/c1-5(2)6-3-4-7(6)8/h5-8H,3-4H2,1-2H3/t6?,7-/m0/s1. The fraction of sp³-hybridized carbons (Fsp3) is 1.00. The van der Waals surface area contributed by atoms with Crippen molar-refractivity contribution in [1.82, 2.24) is 0 Å². The highest BCUT2D eigenvalue weighted by molar-refractivity contribution is 4.81. The van der Waals surface area contributed by atoms with E-state index in [1.54, 1.807) is 0 Å². The van der Waals surface area contributed by atoms with Crippen LogP contribution in [0.1, 0.15) is 26.7 Å². The topological polar surface area (TPSA) is 20.2 Å². The van der Waals surface area contributed by atoms with E-state index in [-0.39, 0.29) is 6.10 Å². The van der Waals surface area contributed by atoms with E-state index in [9.17, 15) is 0 Å². The van der Waals surface area contributed by atoms with E-state index in [0.29, 0.717) is 11.8 Å². The second kappa shape index (κ2) is 2.06. The van der Waals surface area contributed by atoms with Crippen molar-refractivity contribution in [3.8, 4) is 0 Å². The Morgan fingerprint density at radius 3 is 2.00 bits per heavy atom. The van der Waals surface area contributed by atoms with Crippen LogP contribution in [-0.2, 0) is 0 Å². The van der Waals surface area contributed by atoms with E-state index in [2.05, 4.69) is 13.8 Å². The first-order chi connectivity index (χ1) is 3.72. The summed E-state index contributed by atoms with van der Waals surface area (Å²) in [6.45, 7) is 4.35. The first-order valence-electron chi connectivity index (χ1n) is 3.40. The van der Waals surface area contributed by atoms with Gasteiger partial charge in [0, 0.05) is 0 Å². The molecular weight excluding hydrogens is 100 g/mol. The highest BCUT2D eigenvalue weighted by Crippen LogP contribution is 2.33. The molecule has 1 aliphatic rings. The highest BCUT2D eigenvalue weighted by atomic mass is 16.3. The van der Waals surface area contributed by atoms with Gasteiger partial charge in [-0.25, -0.2) is 0 Å². The zero-order chi connectivity index (χ0) is 6.15. The second-order valence-corrected chi connectivity index (χ2v) is 3.05. The van der Waals surface area contributed by atoms with Crippen molar-refractivity contribution < 1.29 is 5.11 Å². The maximum Gasteiger partial charge on any atom is 0.0571 e. The minimum Gasteiger partial charge on any atom is -0.393 e. The van der Waals surface area contributed by atoms with Crippen molar-refractivity contribution in [3.63, 3.8) is 0 Å². The average molecular weight is 114 g/mol. The molecule has 0 aromatic carbocycles. The summed E-state index contributed by atoms with van der Waals surface area (Å²) >= 11 is 0. The normalized spacial score (nSPS) is 37.5. The van der Waals surface area contributed by atoms with Crippen LogP contribution in [-0.4, -0.2) is 11.2 Å². The maximum absolute atomic E-state index is 9.08. The summed E-state index contributed by atoms with van der Waals surface area (Å²) in [4.78, 5) is 0. The van der Waals surface area contributed by atoms with Gasteiger partial charge in [0.05, 0.1) is 6.10 Å². The smallest absolute Gasteiger partial charge is 0.0571 e. The molecule has 1 fully saturated rings. The predicted octanol–water partition coefficient (Wildman–Crippen LogP) is 1.41. The number of hydrogen-bond acceptors (Lipinski definition) is 1. The van der Waals surface area contributed by atoms with Crippen LogP contribution < -0.4 is 0 Å². The Bertz CT molecular complexity index is 73.7. The van der Waals surface area contributed by atoms with Gasteiger partial charge < -0.3 is 5.11 Å². The molecule has 2 atom stereocenters. The van der Waals surface area contributed by atoms with Crippen LogP contribution in [0.25, 0.3) is 0 Å². The molecule has 1 aliphatic carbocycles. The Morgan fingerprint density at radius 2 is 2.00 bits per heavy atom. The number of aliphatic hydroxyl groups excluding tert-OH is 1. The van der Waals surface area contributed by atoms with Gasteiger partial charge in [-0.2, -0.15) is 0 Å². The Labute approximate surface area is 50.7 Å². The minimum absolute atomic E-state index is 0.0231. The van der Waals surface area contributed by atoms with E-state index in [1.807, 2.05) is 0 Å². The summed E-state index contributed by atoms with van der Waals surface area (Å²) in [5, 5.41) is 9.08. The molecule has 1 saturated carbocycles. The molecule has 0 aromatic heterocycles. The molecule has 0 bridgehead atoms. The summed E-state index contributed by atoms with van der Waals surface area (Å²) in [5.74, 6) is 1.29. The van der Waals surface area contributed by atoms with Gasteiger partial charge in [-0.05, 0) is 24.7 Å². The third-order valence-electron chi connectivity index (χ3n) is 2.15. The molecule has 1 rings (SSSR count). The molecule has 0 aliphatic heterocycles. The van der Waals surface area contributed by atoms with E-state index in [1.165, 1.54) is 6.42 Å². The zero-order valence-electron chi connectivity index (χ0n) is 5.59. The Morgan fingerprint density at radius 1 is 1.38 bits per heavy atom. The van der Waals surface area contributed by atoms with Gasteiger partial charge >= 0.3 is 0 Å². The van der Waals surface area contributed by atoms with Gasteiger partial charge in [-0.15, -0.1) is 0 Å². The molecule has 0 aromatic rings. The zero-order valence-corrected chi connectivity index (χ0v) is 5.59. The Balaban J connectivity index is 2.26. The van der Waals surface area contributed by atoms with Crippen LogP contribution in [0.4, 0.5) is 0 Å². The van der Waals surface area contributed by atoms with Gasteiger partial charge in [0.15, 0.2) is 0 Å². The summed E-state index contributed by atoms with van der Waals surface area (Å²) < 4.78 is 0. The third kappa shape index (κ3) is 0.873. The molecule has 0 amide bonds. The molecule has 1 heteroatoms. The first-order valence-corrected chi connectivity index (χ1v) is 3.40. The van der Waals surface area contributed by atoms with Gasteiger partial charge in [-0.3, -0.25) is 0 Å². The number of hydrogen-bond donors (Lipinski definition) is 1. The molecule has 48 valence electrons. The van der Waals surface area contributed by atoms with E-state index in [4.69, 9.17) is 5.11 Å². The van der Waals surface area contributed by atoms with Gasteiger partial charge in [0.2, 0.25) is 0 Å². The minimum atomic E-state index is 0.0231. The van der Waals surface area contributed by atoms with Crippen LogP contribution in [0.2, 0.25) is 0 Å². The van der Waals surface area contributed by atoms with Gasteiger partial charge in [-0.1, -0.05) is 13.8 Å². The lowest BCUT2D eigenvalue weighted by molar-refractivity contribution is -0.00118.